The van der Waals surface area contributed by atoms with Crippen molar-refractivity contribution in [2.24, 2.45) is 23.2 Å². The van der Waals surface area contributed by atoms with Gasteiger partial charge in [0.05, 0.1) is 25.2 Å². The van der Waals surface area contributed by atoms with Crippen LogP contribution in [-0.2, 0) is 9.47 Å². The summed E-state index contributed by atoms with van der Waals surface area (Å²) in [6.45, 7) is 9.53. The molecule has 0 radical (unpaired) electrons. The van der Waals surface area contributed by atoms with Gasteiger partial charge in [-0.05, 0) is 11.5 Å². The molecule has 0 amide bonds. The zero-order valence-corrected chi connectivity index (χ0v) is 12.1. The first-order valence-electron chi connectivity index (χ1n) is 7.14. The minimum absolute atomic E-state index is 0.0190. The van der Waals surface area contributed by atoms with Gasteiger partial charge in [0, 0.05) is 11.3 Å². The van der Waals surface area contributed by atoms with Gasteiger partial charge in [-0.25, -0.2) is 0 Å². The molecule has 0 aromatic carbocycles. The third kappa shape index (κ3) is 1.88. The van der Waals surface area contributed by atoms with E-state index in [1.54, 1.807) is 0 Å². The van der Waals surface area contributed by atoms with Crippen LogP contribution in [0.5, 0.6) is 0 Å². The summed E-state index contributed by atoms with van der Waals surface area (Å²) in [4.78, 5) is 0. The lowest BCUT2D eigenvalue weighted by Gasteiger charge is -2.36. The summed E-state index contributed by atoms with van der Waals surface area (Å²) >= 11 is 0. The van der Waals surface area contributed by atoms with Crippen molar-refractivity contribution >= 4 is 0 Å². The number of ether oxygens (including phenoxy) is 2. The highest BCUT2D eigenvalue weighted by molar-refractivity contribution is 5.32. The molecule has 4 nitrogen and oxygen atoms in total. The van der Waals surface area contributed by atoms with Crippen LogP contribution in [0.2, 0.25) is 0 Å². The summed E-state index contributed by atoms with van der Waals surface area (Å²) in [5, 5.41) is 20.5. The maximum Gasteiger partial charge on any atom is 0.181 e. The van der Waals surface area contributed by atoms with Gasteiger partial charge in [-0.15, -0.1) is 0 Å². The fraction of sp³-hybridized carbons (Fsp3) is 0.867. The SMILES string of the molecule is CC(C)C1=C[C@H]2[C@@H]([C@H](O)[C@@H]1O)C21OCC(C)(C)CO1. The van der Waals surface area contributed by atoms with Crippen molar-refractivity contribution in [1.29, 1.82) is 0 Å². The molecule has 4 heteroatoms. The fourth-order valence-electron chi connectivity index (χ4n) is 3.38. The van der Waals surface area contributed by atoms with Crippen LogP contribution in [-0.4, -0.2) is 41.4 Å². The van der Waals surface area contributed by atoms with E-state index in [-0.39, 0.29) is 23.2 Å². The van der Waals surface area contributed by atoms with E-state index in [2.05, 4.69) is 19.9 Å². The van der Waals surface area contributed by atoms with Crippen LogP contribution in [0.15, 0.2) is 11.6 Å². The normalized spacial score (nSPS) is 43.0. The minimum Gasteiger partial charge on any atom is -0.390 e. The smallest absolute Gasteiger partial charge is 0.181 e. The predicted octanol–water partition coefficient (Wildman–Crippen LogP) is 1.32. The Hall–Kier alpha value is -0.420. The molecule has 1 saturated carbocycles. The zero-order chi connectivity index (χ0) is 14.0. The van der Waals surface area contributed by atoms with Crippen molar-refractivity contribution < 1.29 is 19.7 Å². The van der Waals surface area contributed by atoms with Crippen LogP contribution in [0.4, 0.5) is 0 Å². The number of fused-ring (bicyclic) bond motifs is 3. The molecule has 4 atom stereocenters. The molecule has 2 aliphatic carbocycles. The summed E-state index contributed by atoms with van der Waals surface area (Å²) in [6, 6.07) is 0. The van der Waals surface area contributed by atoms with Crippen molar-refractivity contribution in [2.45, 2.75) is 45.7 Å². The molecule has 1 spiro atoms. The van der Waals surface area contributed by atoms with Crippen molar-refractivity contribution in [3.8, 4) is 0 Å². The monoisotopic (exact) mass is 268 g/mol. The van der Waals surface area contributed by atoms with Crippen LogP contribution in [0, 0.1) is 23.2 Å². The molecule has 0 aromatic heterocycles. The Balaban J connectivity index is 1.83. The summed E-state index contributed by atoms with van der Waals surface area (Å²) in [6.07, 6.45) is 0.488. The number of hydrogen-bond donors (Lipinski definition) is 2. The van der Waals surface area contributed by atoms with Crippen LogP contribution >= 0.6 is 0 Å². The number of rotatable bonds is 1. The lowest BCUT2D eigenvalue weighted by molar-refractivity contribution is -0.259. The minimum atomic E-state index is -0.789. The predicted molar refractivity (Wildman–Crippen MR) is 70.3 cm³/mol. The Morgan fingerprint density at radius 1 is 1.21 bits per heavy atom. The van der Waals surface area contributed by atoms with Crippen LogP contribution in [0.3, 0.4) is 0 Å². The van der Waals surface area contributed by atoms with Crippen molar-refractivity contribution in [3.05, 3.63) is 11.6 Å². The molecule has 3 aliphatic rings. The number of aliphatic hydroxyl groups is 2. The summed E-state index contributed by atoms with van der Waals surface area (Å²) in [5.74, 6) is -0.504. The van der Waals surface area contributed by atoms with Gasteiger partial charge in [-0.3, -0.25) is 0 Å². The average Bonchev–Trinajstić information content (AvgIpc) is 2.96. The van der Waals surface area contributed by atoms with Gasteiger partial charge in [0.1, 0.15) is 6.10 Å². The highest BCUT2D eigenvalue weighted by atomic mass is 16.7. The first-order valence-corrected chi connectivity index (χ1v) is 7.14. The molecule has 0 unspecified atom stereocenters. The number of aliphatic hydroxyl groups excluding tert-OH is 2. The lowest BCUT2D eigenvalue weighted by Crippen LogP contribution is -2.43. The quantitative estimate of drug-likeness (QED) is 0.704. The maximum absolute atomic E-state index is 10.3. The van der Waals surface area contributed by atoms with E-state index >= 15 is 0 Å². The Bertz CT molecular complexity index is 402. The highest BCUT2D eigenvalue weighted by Crippen LogP contribution is 2.62. The molecule has 3 rings (SSSR count). The Morgan fingerprint density at radius 3 is 2.32 bits per heavy atom. The van der Waals surface area contributed by atoms with E-state index < -0.39 is 18.0 Å². The molecular weight excluding hydrogens is 244 g/mol. The van der Waals surface area contributed by atoms with Gasteiger partial charge >= 0.3 is 0 Å². The molecule has 2 fully saturated rings. The molecule has 2 N–H and O–H groups in total. The van der Waals surface area contributed by atoms with Gasteiger partial charge in [-0.1, -0.05) is 33.8 Å². The summed E-state index contributed by atoms with van der Waals surface area (Å²) in [5.41, 5.74) is 0.924. The number of hydrogen-bond acceptors (Lipinski definition) is 4. The topological polar surface area (TPSA) is 58.9 Å². The van der Waals surface area contributed by atoms with Crippen molar-refractivity contribution in [2.75, 3.05) is 13.2 Å². The zero-order valence-electron chi connectivity index (χ0n) is 12.1. The van der Waals surface area contributed by atoms with Gasteiger partial charge in [0.25, 0.3) is 0 Å². The van der Waals surface area contributed by atoms with E-state index in [1.165, 1.54) is 0 Å². The van der Waals surface area contributed by atoms with Crippen molar-refractivity contribution in [1.82, 2.24) is 0 Å². The van der Waals surface area contributed by atoms with Crippen LogP contribution in [0.25, 0.3) is 0 Å². The van der Waals surface area contributed by atoms with Gasteiger partial charge in [0.2, 0.25) is 0 Å². The lowest BCUT2D eigenvalue weighted by atomic mass is 9.87. The average molecular weight is 268 g/mol. The second-order valence-corrected chi connectivity index (χ2v) is 7.27. The Kier molecular flexibility index (Phi) is 2.88. The second kappa shape index (κ2) is 4.04. The maximum atomic E-state index is 10.3. The largest absolute Gasteiger partial charge is 0.390 e. The van der Waals surface area contributed by atoms with E-state index in [0.717, 1.165) is 5.57 Å². The van der Waals surface area contributed by atoms with E-state index in [0.29, 0.717) is 13.2 Å². The standard InChI is InChI=1S/C15H24O4/c1-8(2)9-5-10-11(13(17)12(9)16)15(10)18-6-14(3,4)7-19-15/h5,8,10-13,16-17H,6-7H2,1-4H3/t10-,11-,12+,13-/m0/s1. The molecule has 108 valence electrons. The Morgan fingerprint density at radius 2 is 1.79 bits per heavy atom. The van der Waals surface area contributed by atoms with Gasteiger partial charge < -0.3 is 19.7 Å². The Labute approximate surface area is 114 Å². The fourth-order valence-corrected chi connectivity index (χ4v) is 3.38. The molecule has 1 saturated heterocycles. The third-order valence-electron chi connectivity index (χ3n) is 4.66. The van der Waals surface area contributed by atoms with E-state index in [9.17, 15) is 10.2 Å². The second-order valence-electron chi connectivity index (χ2n) is 7.27. The summed E-state index contributed by atoms with van der Waals surface area (Å²) in [7, 11) is 0. The first-order chi connectivity index (χ1) is 8.78. The molecule has 0 aromatic rings. The molecule has 0 bridgehead atoms. The first kappa shape index (κ1) is 13.6. The van der Waals surface area contributed by atoms with Gasteiger partial charge in [0.15, 0.2) is 5.79 Å². The molecular formula is C15H24O4. The van der Waals surface area contributed by atoms with Crippen LogP contribution in [0.1, 0.15) is 27.7 Å². The summed E-state index contributed by atoms with van der Waals surface area (Å²) < 4.78 is 11.9. The van der Waals surface area contributed by atoms with Crippen molar-refractivity contribution in [3.63, 3.8) is 0 Å². The van der Waals surface area contributed by atoms with Gasteiger partial charge in [-0.2, -0.15) is 0 Å². The van der Waals surface area contributed by atoms with Crippen LogP contribution < -0.4 is 0 Å². The van der Waals surface area contributed by atoms with E-state index in [4.69, 9.17) is 9.47 Å². The third-order valence-corrected chi connectivity index (χ3v) is 4.66. The van der Waals surface area contributed by atoms with E-state index in [1.807, 2.05) is 13.8 Å². The molecule has 19 heavy (non-hydrogen) atoms. The molecule has 1 heterocycles. The molecule has 1 aliphatic heterocycles. The highest BCUT2D eigenvalue weighted by Gasteiger charge is 2.73.